The summed E-state index contributed by atoms with van der Waals surface area (Å²) in [6, 6.07) is 3.72. The van der Waals surface area contributed by atoms with Crippen LogP contribution in [0.2, 0.25) is 0 Å². The smallest absolute Gasteiger partial charge is 0.315 e. The first-order chi connectivity index (χ1) is 8.47. The molecule has 1 rings (SSSR count). The van der Waals surface area contributed by atoms with Crippen LogP contribution in [0.4, 0.5) is 4.79 Å². The highest BCUT2D eigenvalue weighted by Crippen LogP contribution is 2.14. The van der Waals surface area contributed by atoms with Gasteiger partial charge in [-0.1, -0.05) is 6.92 Å². The quantitative estimate of drug-likeness (QED) is 0.739. The molecule has 5 nitrogen and oxygen atoms in total. The van der Waals surface area contributed by atoms with Crippen molar-refractivity contribution < 1.29 is 14.7 Å². The van der Waals surface area contributed by atoms with Gasteiger partial charge >= 0.3 is 12.0 Å². The number of amides is 2. The zero-order valence-electron chi connectivity index (χ0n) is 10.5. The largest absolute Gasteiger partial charge is 0.481 e. The van der Waals surface area contributed by atoms with E-state index < -0.39 is 5.97 Å². The predicted octanol–water partition coefficient (Wildman–Crippen LogP) is 1.97. The van der Waals surface area contributed by atoms with Crippen LogP contribution in [-0.2, 0) is 11.3 Å². The second-order valence-electron chi connectivity index (χ2n) is 4.28. The van der Waals surface area contributed by atoms with Gasteiger partial charge in [0.25, 0.3) is 0 Å². The number of carbonyl (C=O) groups excluding carboxylic acids is 1. The normalized spacial score (nSPS) is 11.9. The van der Waals surface area contributed by atoms with E-state index in [0.717, 1.165) is 4.88 Å². The summed E-state index contributed by atoms with van der Waals surface area (Å²) in [7, 11) is 0. The minimum absolute atomic E-state index is 0.0599. The molecule has 1 aromatic heterocycles. The van der Waals surface area contributed by atoms with Crippen LogP contribution < -0.4 is 10.6 Å². The molecule has 0 radical (unpaired) electrons. The minimum atomic E-state index is -0.848. The Morgan fingerprint density at radius 3 is 2.67 bits per heavy atom. The van der Waals surface area contributed by atoms with Gasteiger partial charge in [0.2, 0.25) is 0 Å². The van der Waals surface area contributed by atoms with Crippen molar-refractivity contribution in [2.45, 2.75) is 26.8 Å². The molecule has 6 heteroatoms. The highest BCUT2D eigenvalue weighted by atomic mass is 32.1. The Morgan fingerprint density at radius 2 is 2.11 bits per heavy atom. The summed E-state index contributed by atoms with van der Waals surface area (Å²) in [5.74, 6) is -0.920. The molecule has 1 aromatic rings. The summed E-state index contributed by atoms with van der Waals surface area (Å²) in [5.41, 5.74) is 0. The monoisotopic (exact) mass is 270 g/mol. The third kappa shape index (κ3) is 5.67. The van der Waals surface area contributed by atoms with Gasteiger partial charge in [-0.25, -0.2) is 4.79 Å². The fraction of sp³-hybridized carbons (Fsp3) is 0.500. The topological polar surface area (TPSA) is 78.4 Å². The van der Waals surface area contributed by atoms with E-state index in [2.05, 4.69) is 10.6 Å². The Morgan fingerprint density at radius 1 is 1.39 bits per heavy atom. The average molecular weight is 270 g/mol. The number of hydrogen-bond donors (Lipinski definition) is 3. The molecule has 3 N–H and O–H groups in total. The number of rotatable bonds is 6. The van der Waals surface area contributed by atoms with Crippen LogP contribution in [0.5, 0.6) is 0 Å². The molecule has 0 aliphatic heterocycles. The maximum absolute atomic E-state index is 11.4. The van der Waals surface area contributed by atoms with E-state index in [1.54, 1.807) is 18.3 Å². The molecule has 0 fully saturated rings. The van der Waals surface area contributed by atoms with Crippen LogP contribution in [0.15, 0.2) is 12.1 Å². The van der Waals surface area contributed by atoms with Gasteiger partial charge in [-0.05, 0) is 25.0 Å². The third-order valence-electron chi connectivity index (χ3n) is 2.35. The lowest BCUT2D eigenvalue weighted by molar-refractivity contribution is -0.137. The summed E-state index contributed by atoms with van der Waals surface area (Å²) in [4.78, 5) is 24.2. The van der Waals surface area contributed by atoms with Gasteiger partial charge in [0, 0.05) is 22.7 Å². The van der Waals surface area contributed by atoms with E-state index >= 15 is 0 Å². The van der Waals surface area contributed by atoms with Crippen LogP contribution in [0.3, 0.4) is 0 Å². The van der Waals surface area contributed by atoms with Crippen LogP contribution in [0, 0.1) is 12.8 Å². The van der Waals surface area contributed by atoms with E-state index in [1.807, 2.05) is 19.1 Å². The number of thiophene rings is 1. The SMILES string of the molecule is Cc1ccc(CNC(=O)NCC(C)CC(=O)O)s1. The maximum atomic E-state index is 11.4. The Kier molecular flexibility index (Phi) is 5.64. The predicted molar refractivity (Wildman–Crippen MR) is 70.7 cm³/mol. The first kappa shape index (κ1) is 14.5. The van der Waals surface area contributed by atoms with E-state index in [9.17, 15) is 9.59 Å². The fourth-order valence-electron chi connectivity index (χ4n) is 1.45. The first-order valence-electron chi connectivity index (χ1n) is 5.76. The summed E-state index contributed by atoms with van der Waals surface area (Å²) in [6.07, 6.45) is 0.0599. The van der Waals surface area contributed by atoms with Gasteiger partial charge in [0.15, 0.2) is 0 Å². The van der Waals surface area contributed by atoms with Gasteiger partial charge in [0.05, 0.1) is 6.54 Å². The Hall–Kier alpha value is -1.56. The number of carbonyl (C=O) groups is 2. The van der Waals surface area contributed by atoms with Gasteiger partial charge in [0.1, 0.15) is 0 Å². The second kappa shape index (κ2) is 7.00. The number of carboxylic acids is 1. The number of urea groups is 1. The summed E-state index contributed by atoms with van der Waals surface area (Å²) in [6.45, 7) is 4.66. The Balaban J connectivity index is 2.19. The fourth-order valence-corrected chi connectivity index (χ4v) is 2.28. The Labute approximate surface area is 110 Å². The first-order valence-corrected chi connectivity index (χ1v) is 6.58. The molecule has 1 heterocycles. The number of hydrogen-bond acceptors (Lipinski definition) is 3. The van der Waals surface area contributed by atoms with Crippen molar-refractivity contribution >= 4 is 23.3 Å². The zero-order chi connectivity index (χ0) is 13.5. The molecule has 18 heavy (non-hydrogen) atoms. The summed E-state index contributed by atoms with van der Waals surface area (Å²) < 4.78 is 0. The van der Waals surface area contributed by atoms with Gasteiger partial charge in [-0.15, -0.1) is 11.3 Å². The molecule has 1 unspecified atom stereocenters. The molecule has 0 spiro atoms. The van der Waals surface area contributed by atoms with Crippen molar-refractivity contribution in [3.8, 4) is 0 Å². The number of nitrogens with one attached hydrogen (secondary N) is 2. The highest BCUT2D eigenvalue weighted by molar-refractivity contribution is 7.11. The molecule has 0 aromatic carbocycles. The van der Waals surface area contributed by atoms with E-state index in [-0.39, 0.29) is 18.4 Å². The third-order valence-corrected chi connectivity index (χ3v) is 3.35. The van der Waals surface area contributed by atoms with Gasteiger partial charge in [-0.2, -0.15) is 0 Å². The summed E-state index contributed by atoms with van der Waals surface area (Å²) in [5, 5.41) is 14.0. The van der Waals surface area contributed by atoms with E-state index in [1.165, 1.54) is 4.88 Å². The van der Waals surface area contributed by atoms with E-state index in [4.69, 9.17) is 5.11 Å². The van der Waals surface area contributed by atoms with Gasteiger partial charge < -0.3 is 15.7 Å². The number of aryl methyl sites for hydroxylation is 1. The lowest BCUT2D eigenvalue weighted by atomic mass is 10.1. The molecule has 0 bridgehead atoms. The molecule has 0 aliphatic carbocycles. The lowest BCUT2D eigenvalue weighted by Crippen LogP contribution is -2.37. The number of aliphatic carboxylic acids is 1. The molecule has 1 atom stereocenters. The van der Waals surface area contributed by atoms with Crippen LogP contribution in [-0.4, -0.2) is 23.7 Å². The molecule has 100 valence electrons. The molecule has 0 aliphatic rings. The zero-order valence-corrected chi connectivity index (χ0v) is 11.3. The van der Waals surface area contributed by atoms with Crippen molar-refractivity contribution in [3.05, 3.63) is 21.9 Å². The number of carboxylic acid groups (broad SMARTS) is 1. The van der Waals surface area contributed by atoms with Crippen molar-refractivity contribution in [2.24, 2.45) is 5.92 Å². The van der Waals surface area contributed by atoms with E-state index in [0.29, 0.717) is 13.1 Å². The highest BCUT2D eigenvalue weighted by Gasteiger charge is 2.09. The minimum Gasteiger partial charge on any atom is -0.481 e. The Bertz CT molecular complexity index is 417. The molecule has 0 saturated carbocycles. The van der Waals surface area contributed by atoms with Gasteiger partial charge in [-0.3, -0.25) is 4.79 Å². The standard InChI is InChI=1S/C12H18N2O3S/c1-8(5-11(15)16)6-13-12(17)14-7-10-4-3-9(2)18-10/h3-4,8H,5-7H2,1-2H3,(H,15,16)(H2,13,14,17). The maximum Gasteiger partial charge on any atom is 0.315 e. The average Bonchev–Trinajstić information content (AvgIpc) is 2.69. The lowest BCUT2D eigenvalue weighted by Gasteiger charge is -2.10. The van der Waals surface area contributed by atoms with Crippen molar-refractivity contribution in [3.63, 3.8) is 0 Å². The van der Waals surface area contributed by atoms with Crippen molar-refractivity contribution in [1.82, 2.24) is 10.6 Å². The molecule has 0 saturated heterocycles. The molecular formula is C12H18N2O3S. The molecular weight excluding hydrogens is 252 g/mol. The van der Waals surface area contributed by atoms with Crippen LogP contribution in [0.25, 0.3) is 0 Å². The van der Waals surface area contributed by atoms with Crippen LogP contribution in [0.1, 0.15) is 23.1 Å². The summed E-state index contributed by atoms with van der Waals surface area (Å²) >= 11 is 1.64. The van der Waals surface area contributed by atoms with Crippen LogP contribution >= 0.6 is 11.3 Å². The van der Waals surface area contributed by atoms with Crippen molar-refractivity contribution in [1.29, 1.82) is 0 Å². The second-order valence-corrected chi connectivity index (χ2v) is 5.65. The molecule has 2 amide bonds. The van der Waals surface area contributed by atoms with Crippen molar-refractivity contribution in [2.75, 3.05) is 6.54 Å².